The van der Waals surface area contributed by atoms with Gasteiger partial charge in [-0.1, -0.05) is 0 Å². The van der Waals surface area contributed by atoms with Crippen LogP contribution in [0.15, 0.2) is 30.5 Å². The van der Waals surface area contributed by atoms with Crippen LogP contribution in [0.3, 0.4) is 0 Å². The summed E-state index contributed by atoms with van der Waals surface area (Å²) < 4.78 is 1.94. The van der Waals surface area contributed by atoms with Crippen LogP contribution in [0.2, 0.25) is 0 Å². The Bertz CT molecular complexity index is 530. The summed E-state index contributed by atoms with van der Waals surface area (Å²) in [4.78, 5) is 0. The van der Waals surface area contributed by atoms with Crippen molar-refractivity contribution in [2.75, 3.05) is 6.54 Å². The Morgan fingerprint density at radius 1 is 1.35 bits per heavy atom. The van der Waals surface area contributed by atoms with Crippen LogP contribution in [0.4, 0.5) is 0 Å². The predicted octanol–water partition coefficient (Wildman–Crippen LogP) is 1.57. The topological polar surface area (TPSA) is 64.1 Å². The first kappa shape index (κ1) is 10.4. The van der Waals surface area contributed by atoms with Crippen molar-refractivity contribution in [1.82, 2.24) is 9.78 Å². The lowest BCUT2D eigenvalue weighted by molar-refractivity contribution is 0.475. The molecule has 0 bridgehead atoms. The van der Waals surface area contributed by atoms with Crippen LogP contribution in [0.1, 0.15) is 23.6 Å². The van der Waals surface area contributed by atoms with Gasteiger partial charge in [0.25, 0.3) is 0 Å². The van der Waals surface area contributed by atoms with Crippen LogP contribution in [-0.4, -0.2) is 21.4 Å². The van der Waals surface area contributed by atoms with Crippen molar-refractivity contribution in [2.45, 2.75) is 18.8 Å². The molecule has 1 heterocycles. The molecule has 1 aliphatic carbocycles. The van der Waals surface area contributed by atoms with Crippen molar-refractivity contribution in [3.63, 3.8) is 0 Å². The lowest BCUT2D eigenvalue weighted by Crippen LogP contribution is -2.14. The molecule has 1 aromatic carbocycles. The Morgan fingerprint density at radius 2 is 2.12 bits per heavy atom. The Balaban J connectivity index is 2.07. The number of rotatable bonds is 2. The molecule has 0 saturated heterocycles. The van der Waals surface area contributed by atoms with Crippen LogP contribution >= 0.6 is 0 Å². The highest BCUT2D eigenvalue weighted by molar-refractivity contribution is 5.41. The minimum atomic E-state index is 0.271. The summed E-state index contributed by atoms with van der Waals surface area (Å²) in [6, 6.07) is 7.09. The van der Waals surface area contributed by atoms with Crippen molar-refractivity contribution in [1.29, 1.82) is 0 Å². The zero-order valence-corrected chi connectivity index (χ0v) is 9.50. The maximum Gasteiger partial charge on any atom is 0.115 e. The second-order valence-electron chi connectivity index (χ2n) is 4.45. The van der Waals surface area contributed by atoms with Gasteiger partial charge in [0.15, 0.2) is 0 Å². The van der Waals surface area contributed by atoms with Gasteiger partial charge in [-0.15, -0.1) is 0 Å². The van der Waals surface area contributed by atoms with Crippen molar-refractivity contribution in [3.8, 4) is 11.4 Å². The average Bonchev–Trinajstić information content (AvgIpc) is 2.91. The van der Waals surface area contributed by atoms with E-state index in [0.717, 1.165) is 18.5 Å². The molecule has 0 amide bonds. The maximum atomic E-state index is 9.30. The van der Waals surface area contributed by atoms with Gasteiger partial charge < -0.3 is 10.8 Å². The first-order chi connectivity index (χ1) is 8.29. The summed E-state index contributed by atoms with van der Waals surface area (Å²) in [5.41, 5.74) is 9.31. The molecule has 0 spiro atoms. The highest BCUT2D eigenvalue weighted by Crippen LogP contribution is 2.33. The van der Waals surface area contributed by atoms with Crippen molar-refractivity contribution >= 4 is 0 Å². The second-order valence-corrected chi connectivity index (χ2v) is 4.45. The number of aryl methyl sites for hydroxylation is 1. The SMILES string of the molecule is NCC1CCc2cnn(-c3ccc(O)cc3)c21. The molecule has 1 aliphatic rings. The molecule has 4 heteroatoms. The predicted molar refractivity (Wildman–Crippen MR) is 65.3 cm³/mol. The number of fused-ring (bicyclic) bond motifs is 1. The smallest absolute Gasteiger partial charge is 0.115 e. The van der Waals surface area contributed by atoms with E-state index in [0.29, 0.717) is 12.5 Å². The van der Waals surface area contributed by atoms with E-state index < -0.39 is 0 Å². The Labute approximate surface area is 99.7 Å². The Hall–Kier alpha value is -1.81. The van der Waals surface area contributed by atoms with Gasteiger partial charge >= 0.3 is 0 Å². The fourth-order valence-corrected chi connectivity index (χ4v) is 2.52. The normalized spacial score (nSPS) is 18.3. The van der Waals surface area contributed by atoms with E-state index in [1.54, 1.807) is 12.1 Å². The summed E-state index contributed by atoms with van der Waals surface area (Å²) in [5.74, 6) is 0.675. The van der Waals surface area contributed by atoms with Crippen LogP contribution in [0.5, 0.6) is 5.75 Å². The van der Waals surface area contributed by atoms with Gasteiger partial charge in [-0.25, -0.2) is 4.68 Å². The quantitative estimate of drug-likeness (QED) is 0.821. The van der Waals surface area contributed by atoms with Gasteiger partial charge in [0.2, 0.25) is 0 Å². The number of hydrogen-bond donors (Lipinski definition) is 2. The van der Waals surface area contributed by atoms with Gasteiger partial charge in [0.1, 0.15) is 5.75 Å². The summed E-state index contributed by atoms with van der Waals surface area (Å²) in [7, 11) is 0. The van der Waals surface area contributed by atoms with E-state index in [-0.39, 0.29) is 5.75 Å². The van der Waals surface area contributed by atoms with Crippen LogP contribution in [-0.2, 0) is 6.42 Å². The third-order valence-electron chi connectivity index (χ3n) is 3.41. The van der Waals surface area contributed by atoms with Gasteiger partial charge in [0.05, 0.1) is 17.6 Å². The number of hydrogen-bond acceptors (Lipinski definition) is 3. The number of aromatic hydroxyl groups is 1. The zero-order valence-electron chi connectivity index (χ0n) is 9.50. The van der Waals surface area contributed by atoms with Gasteiger partial charge in [-0.05, 0) is 42.7 Å². The standard InChI is InChI=1S/C13H15N3O/c14-7-9-1-2-10-8-15-16(13(9)10)11-3-5-12(17)6-4-11/h3-6,8-9,17H,1-2,7,14H2. The summed E-state index contributed by atoms with van der Waals surface area (Å²) in [6.07, 6.45) is 4.11. The molecule has 0 saturated carbocycles. The molecule has 3 rings (SSSR count). The number of benzene rings is 1. The number of aromatic nitrogens is 2. The van der Waals surface area contributed by atoms with E-state index in [2.05, 4.69) is 5.10 Å². The van der Waals surface area contributed by atoms with Gasteiger partial charge in [-0.3, -0.25) is 0 Å². The highest BCUT2D eigenvalue weighted by Gasteiger charge is 2.26. The number of nitrogens with two attached hydrogens (primary N) is 1. The second kappa shape index (κ2) is 3.89. The molecule has 1 aromatic heterocycles. The maximum absolute atomic E-state index is 9.30. The molecule has 2 aromatic rings. The molecule has 0 aliphatic heterocycles. The van der Waals surface area contributed by atoms with Gasteiger partial charge in [0, 0.05) is 12.5 Å². The molecule has 4 nitrogen and oxygen atoms in total. The Kier molecular flexibility index (Phi) is 2.37. The first-order valence-corrected chi connectivity index (χ1v) is 5.86. The first-order valence-electron chi connectivity index (χ1n) is 5.86. The summed E-state index contributed by atoms with van der Waals surface area (Å²) >= 11 is 0. The van der Waals surface area contributed by atoms with Crippen molar-refractivity contribution < 1.29 is 5.11 Å². The fraction of sp³-hybridized carbons (Fsp3) is 0.308. The monoisotopic (exact) mass is 229 g/mol. The molecule has 3 N–H and O–H groups in total. The van der Waals surface area contributed by atoms with Gasteiger partial charge in [-0.2, -0.15) is 5.10 Å². The molecule has 17 heavy (non-hydrogen) atoms. The number of phenolic OH excluding ortho intramolecular Hbond substituents is 1. The van der Waals surface area contributed by atoms with Crippen molar-refractivity contribution in [3.05, 3.63) is 41.7 Å². The highest BCUT2D eigenvalue weighted by atomic mass is 16.3. The molecule has 0 fully saturated rings. The summed E-state index contributed by atoms with van der Waals surface area (Å²) in [6.45, 7) is 0.663. The van der Waals surface area contributed by atoms with E-state index in [4.69, 9.17) is 5.73 Å². The fourth-order valence-electron chi connectivity index (χ4n) is 2.52. The van der Waals surface area contributed by atoms with E-state index >= 15 is 0 Å². The Morgan fingerprint density at radius 3 is 2.82 bits per heavy atom. The number of phenols is 1. The largest absolute Gasteiger partial charge is 0.508 e. The van der Waals surface area contributed by atoms with E-state index in [1.807, 2.05) is 23.0 Å². The minimum Gasteiger partial charge on any atom is -0.508 e. The van der Waals surface area contributed by atoms with Crippen LogP contribution < -0.4 is 5.73 Å². The lowest BCUT2D eigenvalue weighted by Gasteiger charge is -2.12. The van der Waals surface area contributed by atoms with Crippen LogP contribution in [0.25, 0.3) is 5.69 Å². The molecule has 0 radical (unpaired) electrons. The average molecular weight is 229 g/mol. The lowest BCUT2D eigenvalue weighted by atomic mass is 10.1. The van der Waals surface area contributed by atoms with Crippen LogP contribution in [0, 0.1) is 0 Å². The molecular weight excluding hydrogens is 214 g/mol. The third kappa shape index (κ3) is 1.61. The summed E-state index contributed by atoms with van der Waals surface area (Å²) in [5, 5.41) is 13.7. The van der Waals surface area contributed by atoms with E-state index in [9.17, 15) is 5.11 Å². The van der Waals surface area contributed by atoms with E-state index in [1.165, 1.54) is 11.3 Å². The molecule has 88 valence electrons. The minimum absolute atomic E-state index is 0.271. The molecule has 1 atom stereocenters. The molecular formula is C13H15N3O. The molecule has 1 unspecified atom stereocenters. The third-order valence-corrected chi connectivity index (χ3v) is 3.41. The number of nitrogens with zero attached hydrogens (tertiary/aromatic N) is 2. The zero-order chi connectivity index (χ0) is 11.8. The van der Waals surface area contributed by atoms with Crippen molar-refractivity contribution in [2.24, 2.45) is 5.73 Å².